The van der Waals surface area contributed by atoms with Gasteiger partial charge in [-0.25, -0.2) is 0 Å². The number of rotatable bonds is 4. The van der Waals surface area contributed by atoms with Gasteiger partial charge in [0.2, 0.25) is 0 Å². The third kappa shape index (κ3) is 6.97. The van der Waals surface area contributed by atoms with Gasteiger partial charge in [0.05, 0.1) is 0 Å². The van der Waals surface area contributed by atoms with Crippen molar-refractivity contribution in [1.82, 2.24) is 0 Å². The maximum atomic E-state index is 7.00. The summed E-state index contributed by atoms with van der Waals surface area (Å²) in [5.74, 6) is 0. The highest BCUT2D eigenvalue weighted by molar-refractivity contribution is 8.16. The average molecular weight is 277 g/mol. The molecule has 2 rings (SSSR count). The number of aliphatic hydroxyl groups is 1. The predicted molar refractivity (Wildman–Crippen MR) is 81.9 cm³/mol. The van der Waals surface area contributed by atoms with Crippen molar-refractivity contribution in [2.24, 2.45) is 0 Å². The molecule has 0 bridgehead atoms. The molecule has 1 nitrogen and oxygen atoms in total. The molecule has 102 valence electrons. The summed E-state index contributed by atoms with van der Waals surface area (Å²) < 4.78 is 0. The zero-order chi connectivity index (χ0) is 12.3. The van der Waals surface area contributed by atoms with E-state index in [0.717, 1.165) is 17.6 Å². The van der Waals surface area contributed by atoms with E-state index in [1.54, 1.807) is 0 Å². The Balaban J connectivity index is 0.000000686. The summed E-state index contributed by atoms with van der Waals surface area (Å²) in [5, 5.41) is 10.4. The summed E-state index contributed by atoms with van der Waals surface area (Å²) >= 11 is 4.51. The molecule has 0 saturated heterocycles. The Bertz CT molecular complexity index is 146. The van der Waals surface area contributed by atoms with Gasteiger partial charge in [-0.05, 0) is 25.7 Å². The zero-order valence-electron chi connectivity index (χ0n) is 11.2. The van der Waals surface area contributed by atoms with E-state index in [4.69, 9.17) is 5.11 Å². The van der Waals surface area contributed by atoms with Gasteiger partial charge in [0.1, 0.15) is 0 Å². The molecule has 0 unspecified atom stereocenters. The van der Waals surface area contributed by atoms with E-state index in [1.807, 2.05) is 0 Å². The Labute approximate surface area is 116 Å². The summed E-state index contributed by atoms with van der Waals surface area (Å²) in [5.41, 5.74) is 0. The first kappa shape index (κ1) is 15.7. The van der Waals surface area contributed by atoms with Gasteiger partial charge in [-0.3, -0.25) is 0 Å². The molecule has 2 aliphatic carbocycles. The molecule has 0 heterocycles. The van der Waals surface area contributed by atoms with Crippen molar-refractivity contribution in [3.63, 3.8) is 0 Å². The van der Waals surface area contributed by atoms with Crippen LogP contribution in [0.2, 0.25) is 0 Å². The molecule has 2 aliphatic rings. The minimum absolute atomic E-state index is 1.00. The van der Waals surface area contributed by atoms with Gasteiger partial charge in [0.15, 0.2) is 0 Å². The summed E-state index contributed by atoms with van der Waals surface area (Å²) in [7, 11) is 1.00. The standard InChI is InChI=1S/C13H24S2.CH4O/c1-3-7-12(8-4-1)14-11-15-13-9-5-2-6-10-13;1-2/h12-13H,1-11H2;2H,1H3. The molecule has 0 aromatic carbocycles. The van der Waals surface area contributed by atoms with E-state index >= 15 is 0 Å². The highest BCUT2D eigenvalue weighted by Crippen LogP contribution is 2.34. The molecular formula is C14H28OS2. The molecule has 2 fully saturated rings. The fourth-order valence-electron chi connectivity index (χ4n) is 2.70. The minimum atomic E-state index is 1.00. The van der Waals surface area contributed by atoms with Crippen molar-refractivity contribution in [1.29, 1.82) is 0 Å². The van der Waals surface area contributed by atoms with E-state index in [1.165, 1.54) is 69.3 Å². The molecule has 0 amide bonds. The maximum Gasteiger partial charge on any atom is 0.0397 e. The lowest BCUT2D eigenvalue weighted by Gasteiger charge is -2.24. The quantitative estimate of drug-likeness (QED) is 0.753. The van der Waals surface area contributed by atoms with Crippen LogP contribution < -0.4 is 0 Å². The van der Waals surface area contributed by atoms with Crippen molar-refractivity contribution >= 4 is 23.5 Å². The van der Waals surface area contributed by atoms with Crippen molar-refractivity contribution in [2.75, 3.05) is 12.2 Å². The highest BCUT2D eigenvalue weighted by atomic mass is 32.2. The third-order valence-corrected chi connectivity index (χ3v) is 6.69. The first-order valence-corrected chi connectivity index (χ1v) is 9.23. The minimum Gasteiger partial charge on any atom is -0.400 e. The maximum absolute atomic E-state index is 7.00. The summed E-state index contributed by atoms with van der Waals surface area (Å²) in [6, 6.07) is 0. The highest BCUT2D eigenvalue weighted by Gasteiger charge is 2.16. The lowest BCUT2D eigenvalue weighted by Crippen LogP contribution is -2.11. The molecule has 0 atom stereocenters. The van der Waals surface area contributed by atoms with E-state index in [2.05, 4.69) is 23.5 Å². The molecule has 17 heavy (non-hydrogen) atoms. The third-order valence-electron chi connectivity index (χ3n) is 3.71. The van der Waals surface area contributed by atoms with Crippen molar-refractivity contribution in [3.8, 4) is 0 Å². The van der Waals surface area contributed by atoms with Crippen LogP contribution in [0.25, 0.3) is 0 Å². The average Bonchev–Trinajstić information content (AvgIpc) is 2.43. The Kier molecular flexibility index (Phi) is 9.77. The van der Waals surface area contributed by atoms with Crippen LogP contribution >= 0.6 is 23.5 Å². The number of hydrogen-bond acceptors (Lipinski definition) is 3. The molecule has 0 spiro atoms. The fourth-order valence-corrected chi connectivity index (χ4v) is 5.88. The molecular weight excluding hydrogens is 248 g/mol. The van der Waals surface area contributed by atoms with Crippen molar-refractivity contribution < 1.29 is 5.11 Å². The molecule has 0 radical (unpaired) electrons. The Morgan fingerprint density at radius 2 is 1.06 bits per heavy atom. The van der Waals surface area contributed by atoms with Crippen LogP contribution in [0.1, 0.15) is 64.2 Å². The van der Waals surface area contributed by atoms with Gasteiger partial charge in [-0.1, -0.05) is 38.5 Å². The van der Waals surface area contributed by atoms with Gasteiger partial charge in [-0.15, -0.1) is 23.5 Å². The molecule has 1 N–H and O–H groups in total. The Morgan fingerprint density at radius 3 is 1.41 bits per heavy atom. The molecule has 2 saturated carbocycles. The van der Waals surface area contributed by atoms with Gasteiger partial charge in [0, 0.05) is 22.7 Å². The second-order valence-corrected chi connectivity index (χ2v) is 7.91. The van der Waals surface area contributed by atoms with Crippen LogP contribution in [0.5, 0.6) is 0 Å². The number of aliphatic hydroxyl groups excluding tert-OH is 1. The Morgan fingerprint density at radius 1 is 0.706 bits per heavy atom. The predicted octanol–water partition coefficient (Wildman–Crippen LogP) is 4.68. The molecule has 0 aromatic heterocycles. The van der Waals surface area contributed by atoms with Gasteiger partial charge < -0.3 is 5.11 Å². The first-order chi connectivity index (χ1) is 8.45. The first-order valence-electron chi connectivity index (χ1n) is 7.13. The summed E-state index contributed by atoms with van der Waals surface area (Å²) in [4.78, 5) is 0. The van der Waals surface area contributed by atoms with Gasteiger partial charge >= 0.3 is 0 Å². The van der Waals surface area contributed by atoms with E-state index in [9.17, 15) is 0 Å². The number of hydrogen-bond donors (Lipinski definition) is 1. The summed E-state index contributed by atoms with van der Waals surface area (Å²) in [6.07, 6.45) is 14.9. The fraction of sp³-hybridized carbons (Fsp3) is 1.00. The second-order valence-electron chi connectivity index (χ2n) is 4.97. The van der Waals surface area contributed by atoms with Gasteiger partial charge in [0.25, 0.3) is 0 Å². The lowest BCUT2D eigenvalue weighted by molar-refractivity contribution is 0.399. The normalized spacial score (nSPS) is 22.9. The van der Waals surface area contributed by atoms with Crippen LogP contribution in [0.3, 0.4) is 0 Å². The zero-order valence-corrected chi connectivity index (χ0v) is 12.8. The van der Waals surface area contributed by atoms with Crippen LogP contribution in [-0.4, -0.2) is 27.8 Å². The topological polar surface area (TPSA) is 20.2 Å². The van der Waals surface area contributed by atoms with E-state index in [-0.39, 0.29) is 0 Å². The smallest absolute Gasteiger partial charge is 0.0397 e. The van der Waals surface area contributed by atoms with E-state index < -0.39 is 0 Å². The molecule has 0 aliphatic heterocycles. The van der Waals surface area contributed by atoms with Crippen molar-refractivity contribution in [2.45, 2.75) is 74.7 Å². The number of thioether (sulfide) groups is 2. The largest absolute Gasteiger partial charge is 0.400 e. The van der Waals surface area contributed by atoms with Gasteiger partial charge in [-0.2, -0.15) is 0 Å². The second kappa shape index (κ2) is 10.6. The van der Waals surface area contributed by atoms with Crippen molar-refractivity contribution in [3.05, 3.63) is 0 Å². The SMILES string of the molecule is C1CCC(SCSC2CCCCC2)CC1.CO. The monoisotopic (exact) mass is 276 g/mol. The lowest BCUT2D eigenvalue weighted by atomic mass is 10.0. The summed E-state index contributed by atoms with van der Waals surface area (Å²) in [6.45, 7) is 0. The van der Waals surface area contributed by atoms with Crippen LogP contribution in [0.15, 0.2) is 0 Å². The van der Waals surface area contributed by atoms with E-state index in [0.29, 0.717) is 0 Å². The molecule has 3 heteroatoms. The molecule has 0 aromatic rings. The van der Waals surface area contributed by atoms with Crippen LogP contribution in [0.4, 0.5) is 0 Å². The van der Waals surface area contributed by atoms with Crippen LogP contribution in [-0.2, 0) is 0 Å². The Hall–Kier alpha value is 0.660. The van der Waals surface area contributed by atoms with Crippen LogP contribution in [0, 0.1) is 0 Å².